The van der Waals surface area contributed by atoms with Gasteiger partial charge >= 0.3 is 6.61 Å². The smallest absolute Gasteiger partial charge is 0.387 e. The van der Waals surface area contributed by atoms with Gasteiger partial charge < -0.3 is 19.9 Å². The molecule has 3 atom stereocenters. The van der Waals surface area contributed by atoms with Crippen LogP contribution in [0.25, 0.3) is 16.8 Å². The van der Waals surface area contributed by atoms with Crippen LogP contribution >= 0.6 is 0 Å². The van der Waals surface area contributed by atoms with Crippen LogP contribution < -0.4 is 14.8 Å². The fourth-order valence-corrected chi connectivity index (χ4v) is 6.19. The Kier molecular flexibility index (Phi) is 8.23. The summed E-state index contributed by atoms with van der Waals surface area (Å²) in [5.41, 5.74) is 2.70. The second-order valence-electron chi connectivity index (χ2n) is 11.1. The molecule has 45 heavy (non-hydrogen) atoms. The largest absolute Gasteiger partial charge is 0.479 e. The first-order valence-electron chi connectivity index (χ1n) is 14.3. The fraction of sp³-hybridized carbons (Fsp3) is 0.448. The van der Waals surface area contributed by atoms with Gasteiger partial charge in [-0.05, 0) is 43.5 Å². The summed E-state index contributed by atoms with van der Waals surface area (Å²) in [5.74, 6) is -3.83. The number of rotatable bonds is 9. The Bertz CT molecular complexity index is 1720. The van der Waals surface area contributed by atoms with Crippen molar-refractivity contribution in [3.63, 3.8) is 0 Å². The molecule has 2 N–H and O–H groups in total. The van der Waals surface area contributed by atoms with Gasteiger partial charge in [-0.1, -0.05) is 0 Å². The second kappa shape index (κ2) is 12.1. The van der Waals surface area contributed by atoms with Gasteiger partial charge in [0.05, 0.1) is 48.7 Å². The SMILES string of the molecule is Cc1c(-c2cc(OC(CO)c3ccc(F)cn3)c3c(OC(F)F)cnn3c2)nn2c1CN(C1CCC(NC#N)CC1(F)F)CC2. The van der Waals surface area contributed by atoms with Gasteiger partial charge in [0.2, 0.25) is 0 Å². The van der Waals surface area contributed by atoms with E-state index in [-0.39, 0.29) is 35.7 Å². The van der Waals surface area contributed by atoms with E-state index < -0.39 is 49.6 Å². The lowest BCUT2D eigenvalue weighted by Crippen LogP contribution is -2.55. The van der Waals surface area contributed by atoms with Gasteiger partial charge in [0, 0.05) is 37.3 Å². The Labute approximate surface area is 253 Å². The number of aliphatic hydroxyl groups is 1. The summed E-state index contributed by atoms with van der Waals surface area (Å²) in [7, 11) is 0. The van der Waals surface area contributed by atoms with Crippen molar-refractivity contribution in [1.29, 1.82) is 5.26 Å². The monoisotopic (exact) mass is 632 g/mol. The molecule has 1 fully saturated rings. The lowest BCUT2D eigenvalue weighted by molar-refractivity contribution is -0.118. The fourth-order valence-electron chi connectivity index (χ4n) is 6.19. The third kappa shape index (κ3) is 5.97. The minimum absolute atomic E-state index is 0.0141. The van der Waals surface area contributed by atoms with Crippen LogP contribution in [-0.4, -0.2) is 72.2 Å². The molecule has 0 bridgehead atoms. The number of halogens is 5. The summed E-state index contributed by atoms with van der Waals surface area (Å²) in [6, 6.07) is 2.48. The topological polar surface area (TPSA) is 126 Å². The van der Waals surface area contributed by atoms with Crippen molar-refractivity contribution in [1.82, 2.24) is 34.6 Å². The number of aromatic nitrogens is 5. The molecule has 1 aliphatic heterocycles. The third-order valence-corrected chi connectivity index (χ3v) is 8.32. The standard InChI is InChI=1S/C29H29F5N8O3/c1-16-21-13-40(25-5-3-19(37-15-35)9-29(25,33)34)6-7-41(21)39-26(16)17-8-22(27-23(45-28(31)32)11-38-42(27)12-17)44-24(14-43)20-4-2-18(30)10-36-20/h2,4,8,10-12,19,24-25,28,37,43H,3,5-7,9,13-14H2,1H3. The molecule has 2 aliphatic rings. The van der Waals surface area contributed by atoms with E-state index in [1.165, 1.54) is 16.6 Å². The van der Waals surface area contributed by atoms with E-state index in [0.29, 0.717) is 30.8 Å². The van der Waals surface area contributed by atoms with Crippen molar-refractivity contribution in [3.8, 4) is 28.9 Å². The van der Waals surface area contributed by atoms with Crippen LogP contribution in [0.4, 0.5) is 22.0 Å². The molecule has 0 radical (unpaired) electrons. The molecule has 3 unspecified atom stereocenters. The minimum Gasteiger partial charge on any atom is -0.479 e. The molecule has 238 valence electrons. The minimum atomic E-state index is -3.15. The maximum atomic E-state index is 15.2. The molecule has 1 aliphatic carbocycles. The van der Waals surface area contributed by atoms with Gasteiger partial charge in [-0.2, -0.15) is 24.2 Å². The van der Waals surface area contributed by atoms with Crippen LogP contribution in [0.1, 0.15) is 42.3 Å². The van der Waals surface area contributed by atoms with Crippen molar-refractivity contribution in [3.05, 3.63) is 59.6 Å². The number of ether oxygens (including phenoxy) is 2. The first kappa shape index (κ1) is 30.5. The molecular formula is C29H29F5N8O3. The number of hydrogen-bond acceptors (Lipinski definition) is 9. The Morgan fingerprint density at radius 1 is 1.18 bits per heavy atom. The highest BCUT2D eigenvalue weighted by Gasteiger charge is 2.48. The van der Waals surface area contributed by atoms with Crippen molar-refractivity contribution >= 4 is 5.52 Å². The van der Waals surface area contributed by atoms with Crippen LogP contribution in [0.2, 0.25) is 0 Å². The Morgan fingerprint density at radius 3 is 2.69 bits per heavy atom. The molecule has 0 amide bonds. The molecule has 0 saturated heterocycles. The van der Waals surface area contributed by atoms with E-state index in [1.54, 1.807) is 22.0 Å². The molecule has 5 heterocycles. The van der Waals surface area contributed by atoms with Crippen LogP contribution in [0.5, 0.6) is 11.5 Å². The molecule has 0 aromatic carbocycles. The number of alkyl halides is 4. The number of fused-ring (bicyclic) bond motifs is 2. The molecule has 4 aromatic rings. The van der Waals surface area contributed by atoms with E-state index >= 15 is 8.78 Å². The zero-order valence-electron chi connectivity index (χ0n) is 24.0. The van der Waals surface area contributed by atoms with Gasteiger partial charge in [0.25, 0.3) is 5.92 Å². The Hall–Kier alpha value is -4.49. The number of pyridine rings is 2. The first-order valence-corrected chi connectivity index (χ1v) is 14.3. The number of aliphatic hydroxyl groups excluding tert-OH is 1. The predicted molar refractivity (Wildman–Crippen MR) is 148 cm³/mol. The highest BCUT2D eigenvalue weighted by atomic mass is 19.3. The van der Waals surface area contributed by atoms with E-state index in [4.69, 9.17) is 15.1 Å². The van der Waals surface area contributed by atoms with Crippen molar-refractivity contribution in [2.75, 3.05) is 13.2 Å². The van der Waals surface area contributed by atoms with Gasteiger partial charge in [-0.25, -0.2) is 17.7 Å². The average molecular weight is 633 g/mol. The number of hydrogen-bond donors (Lipinski definition) is 2. The van der Waals surface area contributed by atoms with Crippen molar-refractivity contribution in [2.45, 2.75) is 70.0 Å². The molecule has 11 nitrogen and oxygen atoms in total. The molecule has 0 spiro atoms. The number of nitriles is 1. The Balaban J connectivity index is 1.34. The van der Waals surface area contributed by atoms with E-state index in [2.05, 4.69) is 20.1 Å². The van der Waals surface area contributed by atoms with Crippen LogP contribution in [0.3, 0.4) is 0 Å². The summed E-state index contributed by atoms with van der Waals surface area (Å²) in [6.45, 7) is -0.937. The van der Waals surface area contributed by atoms with Gasteiger partial charge in [-0.15, -0.1) is 0 Å². The zero-order valence-corrected chi connectivity index (χ0v) is 24.0. The summed E-state index contributed by atoms with van der Waals surface area (Å²) < 4.78 is 84.1. The van der Waals surface area contributed by atoms with Crippen LogP contribution in [0.15, 0.2) is 36.8 Å². The summed E-state index contributed by atoms with van der Waals surface area (Å²) in [4.78, 5) is 5.73. The van der Waals surface area contributed by atoms with Crippen molar-refractivity contribution < 1.29 is 36.5 Å². The third-order valence-electron chi connectivity index (χ3n) is 8.32. The number of nitrogens with zero attached hydrogens (tertiary/aromatic N) is 7. The second-order valence-corrected chi connectivity index (χ2v) is 11.1. The maximum absolute atomic E-state index is 15.2. The summed E-state index contributed by atoms with van der Waals surface area (Å²) in [6.07, 6.45) is 4.57. The first-order chi connectivity index (χ1) is 21.6. The van der Waals surface area contributed by atoms with Crippen molar-refractivity contribution in [2.24, 2.45) is 0 Å². The lowest BCUT2D eigenvalue weighted by atomic mass is 9.86. The molecule has 1 saturated carbocycles. The maximum Gasteiger partial charge on any atom is 0.387 e. The van der Waals surface area contributed by atoms with Gasteiger partial charge in [0.15, 0.2) is 29.3 Å². The number of nitrogens with one attached hydrogen (secondary N) is 1. The lowest BCUT2D eigenvalue weighted by Gasteiger charge is -2.43. The Morgan fingerprint density at radius 2 is 2.00 bits per heavy atom. The van der Waals surface area contributed by atoms with Gasteiger partial charge in [0.1, 0.15) is 5.82 Å². The molecule has 4 aromatic heterocycles. The van der Waals surface area contributed by atoms with Gasteiger partial charge in [-0.3, -0.25) is 14.6 Å². The van der Waals surface area contributed by atoms with E-state index in [0.717, 1.165) is 29.7 Å². The molecule has 6 rings (SSSR count). The molecule has 16 heteroatoms. The quantitative estimate of drug-likeness (QED) is 0.159. The van der Waals surface area contributed by atoms with E-state index in [1.807, 2.05) is 6.92 Å². The predicted octanol–water partition coefficient (Wildman–Crippen LogP) is 4.20. The zero-order chi connectivity index (χ0) is 31.9. The molecular weight excluding hydrogens is 603 g/mol. The highest BCUT2D eigenvalue weighted by molar-refractivity contribution is 5.75. The normalized spacial score (nSPS) is 20.5. The summed E-state index contributed by atoms with van der Waals surface area (Å²) in [5, 5.41) is 30.3. The summed E-state index contributed by atoms with van der Waals surface area (Å²) >= 11 is 0. The highest BCUT2D eigenvalue weighted by Crippen LogP contribution is 2.40. The van der Waals surface area contributed by atoms with E-state index in [9.17, 15) is 18.3 Å². The average Bonchev–Trinajstić information content (AvgIpc) is 3.56. The van der Waals surface area contributed by atoms with Crippen LogP contribution in [0, 0.1) is 24.2 Å². The van der Waals surface area contributed by atoms with Crippen LogP contribution in [-0.2, 0) is 13.1 Å².